The third-order valence-electron chi connectivity index (χ3n) is 7.12. The molecule has 3 atom stereocenters. The molecule has 3 aromatic rings. The molecule has 4 heterocycles. The molecule has 0 spiro atoms. The smallest absolute Gasteiger partial charge is 0.346 e. The van der Waals surface area contributed by atoms with Gasteiger partial charge in [-0.3, -0.25) is 4.79 Å². The molecule has 10 heteroatoms. The Morgan fingerprint density at radius 3 is 2.88 bits per heavy atom. The van der Waals surface area contributed by atoms with Crippen molar-refractivity contribution in [2.45, 2.75) is 38.3 Å². The molecule has 2 N–H and O–H groups in total. The van der Waals surface area contributed by atoms with Gasteiger partial charge in [-0.2, -0.15) is 4.98 Å². The number of piperidine rings is 1. The number of hydrogen-bond acceptors (Lipinski definition) is 8. The van der Waals surface area contributed by atoms with E-state index < -0.39 is 11.5 Å². The van der Waals surface area contributed by atoms with Gasteiger partial charge in [-0.05, 0) is 50.3 Å². The van der Waals surface area contributed by atoms with Crippen molar-refractivity contribution in [2.24, 2.45) is 13.0 Å². The van der Waals surface area contributed by atoms with Gasteiger partial charge in [0.15, 0.2) is 5.82 Å². The molecule has 3 aliphatic rings. The van der Waals surface area contributed by atoms with Crippen molar-refractivity contribution in [1.29, 1.82) is 0 Å². The summed E-state index contributed by atoms with van der Waals surface area (Å²) in [6.45, 7) is 3.08. The van der Waals surface area contributed by atoms with Crippen LogP contribution in [0.5, 0.6) is 0 Å². The number of ether oxygens (including phenoxy) is 1. The first kappa shape index (κ1) is 21.2. The van der Waals surface area contributed by atoms with Crippen molar-refractivity contribution in [1.82, 2.24) is 14.5 Å². The topological polar surface area (TPSA) is 101 Å². The number of aromatic nitrogens is 3. The number of nitrogens with zero attached hydrogens (tertiary/aromatic N) is 4. The van der Waals surface area contributed by atoms with Crippen LogP contribution in [0.3, 0.4) is 0 Å². The fourth-order valence-corrected chi connectivity index (χ4v) is 5.55. The number of carbonyl (C=O) groups is 1. The predicted molar refractivity (Wildman–Crippen MR) is 131 cm³/mol. The molecule has 2 aromatic heterocycles. The van der Waals surface area contributed by atoms with E-state index in [2.05, 4.69) is 20.5 Å². The summed E-state index contributed by atoms with van der Waals surface area (Å²) < 4.78 is 6.75. The highest BCUT2D eigenvalue weighted by atomic mass is 35.5. The first-order chi connectivity index (χ1) is 16.4. The van der Waals surface area contributed by atoms with Crippen LogP contribution in [0, 0.1) is 5.92 Å². The molecule has 1 saturated carbocycles. The lowest BCUT2D eigenvalue weighted by Crippen LogP contribution is -2.33. The summed E-state index contributed by atoms with van der Waals surface area (Å²) in [6, 6.07) is 5.97. The highest BCUT2D eigenvalue weighted by Crippen LogP contribution is 2.40. The van der Waals surface area contributed by atoms with Gasteiger partial charge < -0.3 is 24.8 Å². The summed E-state index contributed by atoms with van der Waals surface area (Å²) in [6.07, 6.45) is 5.30. The molecule has 2 unspecified atom stereocenters. The van der Waals surface area contributed by atoms with E-state index in [9.17, 15) is 9.59 Å². The van der Waals surface area contributed by atoms with Crippen molar-refractivity contribution < 1.29 is 9.53 Å². The van der Waals surface area contributed by atoms with Crippen molar-refractivity contribution in [2.75, 3.05) is 28.7 Å². The molecule has 1 aliphatic carbocycles. The van der Waals surface area contributed by atoms with Crippen LogP contribution in [0.25, 0.3) is 10.9 Å². The van der Waals surface area contributed by atoms with Gasteiger partial charge >= 0.3 is 5.97 Å². The van der Waals surface area contributed by atoms with Gasteiger partial charge in [-0.25, -0.2) is 9.78 Å². The fraction of sp³-hybridized carbons (Fsp3) is 0.417. The number of pyridine rings is 1. The maximum atomic E-state index is 12.9. The van der Waals surface area contributed by atoms with E-state index in [-0.39, 0.29) is 18.2 Å². The second-order valence-corrected chi connectivity index (χ2v) is 9.87. The Morgan fingerprint density at radius 1 is 1.26 bits per heavy atom. The number of carbonyl (C=O) groups excluding carboxylic acids is 1. The normalized spacial score (nSPS) is 23.4. The Hall–Kier alpha value is -3.33. The van der Waals surface area contributed by atoms with Gasteiger partial charge in [0.05, 0.1) is 23.4 Å². The number of hydrogen-bond donors (Lipinski definition) is 2. The van der Waals surface area contributed by atoms with Crippen molar-refractivity contribution in [3.8, 4) is 0 Å². The molecule has 9 nitrogen and oxygen atoms in total. The molecule has 0 radical (unpaired) electrons. The number of aryl methyl sites for hydroxylation is 1. The lowest BCUT2D eigenvalue weighted by molar-refractivity contribution is 0.0503. The van der Waals surface area contributed by atoms with E-state index in [1.54, 1.807) is 13.2 Å². The number of benzene rings is 1. The van der Waals surface area contributed by atoms with Crippen LogP contribution in [-0.2, 0) is 11.8 Å². The quantitative estimate of drug-likeness (QED) is 0.547. The van der Waals surface area contributed by atoms with E-state index in [4.69, 9.17) is 21.3 Å². The molecule has 34 heavy (non-hydrogen) atoms. The molecular weight excluding hydrogens is 456 g/mol. The Kier molecular flexibility index (Phi) is 4.91. The van der Waals surface area contributed by atoms with Crippen LogP contribution in [0.2, 0.25) is 5.02 Å². The number of rotatable bonds is 3. The van der Waals surface area contributed by atoms with Gasteiger partial charge in [0, 0.05) is 30.7 Å². The zero-order valence-electron chi connectivity index (χ0n) is 19.0. The van der Waals surface area contributed by atoms with E-state index in [1.807, 2.05) is 25.1 Å². The fourth-order valence-electron chi connectivity index (χ4n) is 5.42. The molecule has 6 rings (SSSR count). The summed E-state index contributed by atoms with van der Waals surface area (Å²) in [5, 5.41) is 7.74. The van der Waals surface area contributed by atoms with Gasteiger partial charge in [-0.1, -0.05) is 11.6 Å². The van der Waals surface area contributed by atoms with Gasteiger partial charge in [-0.15, -0.1) is 0 Å². The van der Waals surface area contributed by atoms with Crippen LogP contribution in [0.4, 0.5) is 23.1 Å². The number of halogens is 1. The van der Waals surface area contributed by atoms with Crippen molar-refractivity contribution >= 4 is 51.6 Å². The highest BCUT2D eigenvalue weighted by molar-refractivity contribution is 6.33. The number of cyclic esters (lactones) is 1. The predicted octanol–water partition coefficient (Wildman–Crippen LogP) is 3.69. The zero-order valence-corrected chi connectivity index (χ0v) is 19.7. The van der Waals surface area contributed by atoms with Crippen molar-refractivity contribution in [3.05, 3.63) is 45.3 Å². The second-order valence-electron chi connectivity index (χ2n) is 9.47. The van der Waals surface area contributed by atoms with Crippen LogP contribution < -0.4 is 21.1 Å². The van der Waals surface area contributed by atoms with E-state index in [0.717, 1.165) is 23.5 Å². The van der Waals surface area contributed by atoms with Crippen LogP contribution in [0.1, 0.15) is 36.5 Å². The maximum absolute atomic E-state index is 12.9. The van der Waals surface area contributed by atoms with Crippen LogP contribution >= 0.6 is 11.6 Å². The first-order valence-electron chi connectivity index (χ1n) is 11.6. The lowest BCUT2D eigenvalue weighted by atomic mass is 10.1. The average molecular weight is 481 g/mol. The summed E-state index contributed by atoms with van der Waals surface area (Å²) in [5.74, 6) is 1.32. The molecule has 2 aliphatic heterocycles. The van der Waals surface area contributed by atoms with Gasteiger partial charge in [0.2, 0.25) is 5.95 Å². The molecule has 1 saturated heterocycles. The minimum Gasteiger partial charge on any atom is -0.460 e. The van der Waals surface area contributed by atoms with E-state index in [1.165, 1.54) is 23.8 Å². The summed E-state index contributed by atoms with van der Waals surface area (Å²) in [4.78, 5) is 37.0. The largest absolute Gasteiger partial charge is 0.460 e. The van der Waals surface area contributed by atoms with Crippen molar-refractivity contribution in [3.63, 3.8) is 0 Å². The van der Waals surface area contributed by atoms with Gasteiger partial charge in [0.1, 0.15) is 17.2 Å². The van der Waals surface area contributed by atoms with E-state index in [0.29, 0.717) is 34.0 Å². The van der Waals surface area contributed by atoms with Gasteiger partial charge in [0.25, 0.3) is 5.56 Å². The summed E-state index contributed by atoms with van der Waals surface area (Å²) >= 11 is 6.45. The lowest BCUT2D eigenvalue weighted by Gasteiger charge is -2.27. The van der Waals surface area contributed by atoms with Crippen LogP contribution in [0.15, 0.2) is 29.2 Å². The third kappa shape index (κ3) is 3.37. The van der Waals surface area contributed by atoms with Crippen LogP contribution in [-0.4, -0.2) is 45.7 Å². The Labute approximate surface area is 201 Å². The number of fused-ring (bicyclic) bond motifs is 5. The second kappa shape index (κ2) is 7.87. The minimum atomic E-state index is -0.615. The summed E-state index contributed by atoms with van der Waals surface area (Å²) in [7, 11) is 1.65. The SMILES string of the molecule is C[C@H]1COC(=O)c2c(c3cc(Nc4nc(N5CC6CCC5C6)ncc4Cl)ccc3n(C)c2=O)N1. The first-order valence-corrected chi connectivity index (χ1v) is 11.9. The Balaban J connectivity index is 1.41. The summed E-state index contributed by atoms with van der Waals surface area (Å²) in [5.41, 5.74) is 1.54. The molecule has 1 aromatic carbocycles. The molecule has 2 fully saturated rings. The Bertz CT molecular complexity index is 1390. The molecular formula is C24H25ClN6O3. The highest BCUT2D eigenvalue weighted by Gasteiger charge is 2.39. The number of nitrogens with one attached hydrogen (secondary N) is 2. The Morgan fingerprint density at radius 2 is 2.12 bits per heavy atom. The number of esters is 1. The zero-order chi connectivity index (χ0) is 23.6. The minimum absolute atomic E-state index is 0.0166. The molecule has 0 amide bonds. The number of anilines is 4. The van der Waals surface area contributed by atoms with E-state index >= 15 is 0 Å². The molecule has 2 bridgehead atoms. The third-order valence-corrected chi connectivity index (χ3v) is 7.39. The average Bonchev–Trinajstić information content (AvgIpc) is 3.42. The maximum Gasteiger partial charge on any atom is 0.346 e. The monoisotopic (exact) mass is 480 g/mol. The molecule has 176 valence electrons. The standard InChI is InChI=1S/C24H25ClN6O3/c1-12-11-34-23(33)19-20(27-12)16-8-14(4-6-18(16)30(2)22(19)32)28-21-17(25)9-26-24(29-21)31-10-13-3-5-15(31)7-13/h4,6,8-9,12-13,15,27H,3,5,7,10-11H2,1-2H3,(H,26,28,29)/t12-,13?,15?/m0/s1.